The van der Waals surface area contributed by atoms with Crippen molar-refractivity contribution in [2.75, 3.05) is 6.61 Å². The number of nitro groups is 1. The van der Waals surface area contributed by atoms with Crippen LogP contribution in [0.25, 0.3) is 0 Å². The maximum Gasteiger partial charge on any atom is 0.305 e. The van der Waals surface area contributed by atoms with Crippen molar-refractivity contribution in [3.63, 3.8) is 0 Å². The Morgan fingerprint density at radius 1 is 1.00 bits per heavy atom. The van der Waals surface area contributed by atoms with Crippen molar-refractivity contribution in [1.82, 2.24) is 0 Å². The third kappa shape index (κ3) is 6.62. The van der Waals surface area contributed by atoms with Crippen molar-refractivity contribution in [2.45, 2.75) is 58.1 Å². The Labute approximate surface area is 192 Å². The summed E-state index contributed by atoms with van der Waals surface area (Å²) >= 11 is 0. The van der Waals surface area contributed by atoms with Crippen molar-refractivity contribution < 1.29 is 57.6 Å². The number of aliphatic hydroxyl groups is 1. The molecule has 1 aromatic carbocycles. The zero-order valence-corrected chi connectivity index (χ0v) is 18.6. The molecule has 34 heavy (non-hydrogen) atoms. The number of hydrogen-bond acceptors (Lipinski definition) is 13. The van der Waals surface area contributed by atoms with Gasteiger partial charge in [0.2, 0.25) is 18.5 Å². The quantitative estimate of drug-likeness (QED) is 0.175. The molecule has 1 aliphatic heterocycles. The number of nitro benzene ring substituents is 1. The Kier molecular flexibility index (Phi) is 8.48. The average Bonchev–Trinajstić information content (AvgIpc) is 2.71. The normalized spacial score (nSPS) is 26.0. The van der Waals surface area contributed by atoms with E-state index in [1.807, 2.05) is 0 Å². The number of hydrogen-bond donors (Lipinski definition) is 1. The van der Waals surface area contributed by atoms with E-state index in [1.165, 1.54) is 12.1 Å². The first-order valence-corrected chi connectivity index (χ1v) is 9.79. The second-order valence-electron chi connectivity index (χ2n) is 7.11. The van der Waals surface area contributed by atoms with E-state index >= 15 is 0 Å². The van der Waals surface area contributed by atoms with Crippen LogP contribution in [-0.4, -0.2) is 70.9 Å². The summed E-state index contributed by atoms with van der Waals surface area (Å²) in [5.41, 5.74) is -0.233. The predicted molar refractivity (Wildman–Crippen MR) is 107 cm³/mol. The molecule has 0 radical (unpaired) electrons. The van der Waals surface area contributed by atoms with E-state index in [-0.39, 0.29) is 11.4 Å². The van der Waals surface area contributed by atoms with Gasteiger partial charge in [0.05, 0.1) is 4.92 Å². The van der Waals surface area contributed by atoms with E-state index in [4.69, 9.17) is 28.4 Å². The van der Waals surface area contributed by atoms with Gasteiger partial charge in [-0.25, -0.2) is 0 Å². The molecule has 1 aromatic rings. The van der Waals surface area contributed by atoms with Crippen molar-refractivity contribution in [2.24, 2.45) is 0 Å². The van der Waals surface area contributed by atoms with Gasteiger partial charge in [-0.2, -0.15) is 0 Å². The van der Waals surface area contributed by atoms with Gasteiger partial charge in [-0.1, -0.05) is 0 Å². The van der Waals surface area contributed by atoms with Crippen LogP contribution in [-0.2, 0) is 42.9 Å². The van der Waals surface area contributed by atoms with Crippen LogP contribution in [0.15, 0.2) is 24.3 Å². The van der Waals surface area contributed by atoms with Crippen LogP contribution in [0.2, 0.25) is 0 Å². The highest BCUT2D eigenvalue weighted by Gasteiger charge is 2.63. The highest BCUT2D eigenvalue weighted by Crippen LogP contribution is 2.37. The lowest BCUT2D eigenvalue weighted by molar-refractivity contribution is -0.385. The number of ether oxygens (including phenoxy) is 6. The Hall–Kier alpha value is -3.78. The number of non-ortho nitro benzene ring substituents is 1. The first kappa shape index (κ1) is 26.5. The smallest absolute Gasteiger partial charge is 0.305 e. The number of rotatable bonds is 8. The Bertz CT molecular complexity index is 946. The van der Waals surface area contributed by atoms with Gasteiger partial charge in [-0.05, 0) is 12.1 Å². The summed E-state index contributed by atoms with van der Waals surface area (Å²) in [5, 5.41) is 22.1. The average molecular weight is 485 g/mol. The molecule has 186 valence electrons. The number of benzene rings is 1. The third-order valence-corrected chi connectivity index (χ3v) is 4.37. The molecule has 0 amide bonds. The monoisotopic (exact) mass is 485 g/mol. The molecule has 0 aliphatic carbocycles. The lowest BCUT2D eigenvalue weighted by atomic mass is 9.94. The van der Waals surface area contributed by atoms with Crippen LogP contribution in [0.3, 0.4) is 0 Å². The van der Waals surface area contributed by atoms with Crippen LogP contribution in [0, 0.1) is 10.1 Å². The summed E-state index contributed by atoms with van der Waals surface area (Å²) in [6.07, 6.45) is -6.84. The Balaban J connectivity index is 2.52. The minimum atomic E-state index is -2.76. The number of esters is 4. The standard InChI is InChI=1S/C20H23NO13/c1-10(22)29-9-16-20(26,34-13(4)25)18(31-12(3)24)17(30-11(2)23)19(33-16)32-15-7-5-14(6-8-15)21(27)28/h5-8,16-19,26H,9H2,1-4H3/t16-,17-,18-,19+,20-/m0/s1. The number of carbonyl (C=O) groups excluding carboxylic acids is 4. The molecule has 0 saturated carbocycles. The van der Waals surface area contributed by atoms with Crippen LogP contribution in [0.5, 0.6) is 5.75 Å². The van der Waals surface area contributed by atoms with Crippen LogP contribution >= 0.6 is 0 Å². The highest BCUT2D eigenvalue weighted by molar-refractivity contribution is 5.69. The van der Waals surface area contributed by atoms with Crippen molar-refractivity contribution in [3.05, 3.63) is 34.4 Å². The van der Waals surface area contributed by atoms with Gasteiger partial charge in [0.25, 0.3) is 11.5 Å². The molecule has 0 bridgehead atoms. The van der Waals surface area contributed by atoms with E-state index in [0.717, 1.165) is 39.8 Å². The van der Waals surface area contributed by atoms with Crippen LogP contribution in [0.1, 0.15) is 27.7 Å². The molecule has 0 spiro atoms. The molecule has 2 rings (SSSR count). The number of carbonyl (C=O) groups is 4. The van der Waals surface area contributed by atoms with Gasteiger partial charge in [0, 0.05) is 39.8 Å². The third-order valence-electron chi connectivity index (χ3n) is 4.37. The lowest BCUT2D eigenvalue weighted by Gasteiger charge is -2.48. The molecule has 14 heteroatoms. The van der Waals surface area contributed by atoms with Crippen molar-refractivity contribution in [1.29, 1.82) is 0 Å². The minimum Gasteiger partial charge on any atom is -0.463 e. The van der Waals surface area contributed by atoms with E-state index in [1.54, 1.807) is 0 Å². The lowest BCUT2D eigenvalue weighted by Crippen LogP contribution is -2.71. The second kappa shape index (κ2) is 10.9. The first-order chi connectivity index (χ1) is 15.8. The van der Waals surface area contributed by atoms with Crippen LogP contribution < -0.4 is 4.74 Å². The summed E-state index contributed by atoms with van der Waals surface area (Å²) in [5.74, 6) is -6.39. The SMILES string of the molecule is CC(=O)OC[C@@H]1O[C@@H](Oc2ccc([N+](=O)[O-])cc2)[C@@H](OC(C)=O)[C@H](OC(C)=O)[C@@]1(O)OC(C)=O. The van der Waals surface area contributed by atoms with Gasteiger partial charge in [0.1, 0.15) is 12.4 Å². The zero-order chi connectivity index (χ0) is 25.6. The molecule has 14 nitrogen and oxygen atoms in total. The summed E-state index contributed by atoms with van der Waals surface area (Å²) in [7, 11) is 0. The van der Waals surface area contributed by atoms with E-state index in [9.17, 15) is 34.4 Å². The Morgan fingerprint density at radius 3 is 2.06 bits per heavy atom. The fraction of sp³-hybridized carbons (Fsp3) is 0.500. The summed E-state index contributed by atoms with van der Waals surface area (Å²) in [6.45, 7) is 3.35. The second-order valence-corrected chi connectivity index (χ2v) is 7.11. The molecule has 1 saturated heterocycles. The van der Waals surface area contributed by atoms with Gasteiger partial charge >= 0.3 is 23.9 Å². The minimum absolute atomic E-state index is 0.0125. The topological polar surface area (TPSA) is 187 Å². The van der Waals surface area contributed by atoms with Crippen molar-refractivity contribution in [3.8, 4) is 5.75 Å². The maximum atomic E-state index is 11.8. The molecule has 1 N–H and O–H groups in total. The molecule has 0 unspecified atom stereocenters. The molecular formula is C20H23NO13. The first-order valence-electron chi connectivity index (χ1n) is 9.79. The van der Waals surface area contributed by atoms with Crippen LogP contribution in [0.4, 0.5) is 5.69 Å². The Morgan fingerprint density at radius 2 is 1.59 bits per heavy atom. The van der Waals surface area contributed by atoms with Gasteiger partial charge in [-0.3, -0.25) is 29.3 Å². The highest BCUT2D eigenvalue weighted by atomic mass is 16.8. The van der Waals surface area contributed by atoms with Crippen molar-refractivity contribution >= 4 is 29.6 Å². The molecule has 1 heterocycles. The largest absolute Gasteiger partial charge is 0.463 e. The van der Waals surface area contributed by atoms with E-state index in [0.29, 0.717) is 0 Å². The summed E-state index contributed by atoms with van der Waals surface area (Å²) < 4.78 is 31.5. The molecule has 5 atom stereocenters. The molecule has 0 aromatic heterocycles. The fourth-order valence-corrected chi connectivity index (χ4v) is 3.12. The van der Waals surface area contributed by atoms with Gasteiger partial charge < -0.3 is 33.5 Å². The van der Waals surface area contributed by atoms with Gasteiger partial charge in [-0.15, -0.1) is 0 Å². The van der Waals surface area contributed by atoms with Gasteiger partial charge in [0.15, 0.2) is 6.10 Å². The molecule has 1 aliphatic rings. The summed E-state index contributed by atoms with van der Waals surface area (Å²) in [4.78, 5) is 56.9. The molecule has 1 fully saturated rings. The molecular weight excluding hydrogens is 462 g/mol. The predicted octanol–water partition coefficient (Wildman–Crippen LogP) is 0.377. The van der Waals surface area contributed by atoms with E-state index < -0.39 is 65.8 Å². The number of nitrogens with zero attached hydrogens (tertiary/aromatic N) is 1. The van der Waals surface area contributed by atoms with E-state index in [2.05, 4.69) is 0 Å². The zero-order valence-electron chi connectivity index (χ0n) is 18.6. The summed E-state index contributed by atoms with van der Waals surface area (Å²) in [6, 6.07) is 4.71. The maximum absolute atomic E-state index is 11.8. The fourth-order valence-electron chi connectivity index (χ4n) is 3.12.